The number of hydrogen-bond acceptors (Lipinski definition) is 5. The van der Waals surface area contributed by atoms with Gasteiger partial charge >= 0.3 is 6.03 Å². The largest absolute Gasteiger partial charge is 0.351 e. The molecule has 1 atom stereocenters. The van der Waals surface area contributed by atoms with Gasteiger partial charge in [-0.15, -0.1) is 11.3 Å². The number of fused-ring (bicyclic) bond motifs is 1. The van der Waals surface area contributed by atoms with Gasteiger partial charge in [0.25, 0.3) is 0 Å². The molecule has 21 heavy (non-hydrogen) atoms. The molecular weight excluding hydrogens is 288 g/mol. The van der Waals surface area contributed by atoms with Crippen LogP contribution in [0.5, 0.6) is 0 Å². The first-order valence-electron chi connectivity index (χ1n) is 6.62. The predicted octanol–water partition coefficient (Wildman–Crippen LogP) is 1.87. The highest BCUT2D eigenvalue weighted by Gasteiger charge is 2.17. The number of nitrogens with one attached hydrogen (secondary N) is 1. The van der Waals surface area contributed by atoms with Crippen LogP contribution in [0.1, 0.15) is 24.4 Å². The van der Waals surface area contributed by atoms with Gasteiger partial charge in [-0.25, -0.2) is 9.78 Å². The van der Waals surface area contributed by atoms with Crippen molar-refractivity contribution in [1.82, 2.24) is 15.2 Å². The van der Waals surface area contributed by atoms with Gasteiger partial charge in [-0.2, -0.15) is 0 Å². The molecule has 0 saturated heterocycles. The van der Waals surface area contributed by atoms with E-state index >= 15 is 0 Å². The molecule has 1 aromatic carbocycles. The number of rotatable bonds is 5. The number of para-hydroxylation sites is 1. The van der Waals surface area contributed by atoms with Crippen LogP contribution in [0.4, 0.5) is 4.79 Å². The van der Waals surface area contributed by atoms with Crippen LogP contribution in [0.15, 0.2) is 24.3 Å². The van der Waals surface area contributed by atoms with Crippen LogP contribution in [-0.4, -0.2) is 35.4 Å². The molecule has 0 aliphatic rings. The van der Waals surface area contributed by atoms with E-state index in [0.29, 0.717) is 6.54 Å². The third kappa shape index (κ3) is 3.99. The Labute approximate surface area is 127 Å². The Morgan fingerprint density at radius 1 is 1.43 bits per heavy atom. The summed E-state index contributed by atoms with van der Waals surface area (Å²) >= 11 is 1.65. The van der Waals surface area contributed by atoms with Gasteiger partial charge in [-0.3, -0.25) is 15.0 Å². The van der Waals surface area contributed by atoms with E-state index < -0.39 is 6.03 Å². The number of carbonyl (C=O) groups is 2. The summed E-state index contributed by atoms with van der Waals surface area (Å²) in [6, 6.07) is 7.28. The zero-order valence-electron chi connectivity index (χ0n) is 12.0. The molecule has 2 aromatic rings. The molecule has 0 bridgehead atoms. The monoisotopic (exact) mass is 306 g/mol. The van der Waals surface area contributed by atoms with Crippen molar-refractivity contribution in [3.8, 4) is 0 Å². The molecule has 3 amide bonds. The van der Waals surface area contributed by atoms with E-state index in [1.807, 2.05) is 43.1 Å². The second-order valence-corrected chi connectivity index (χ2v) is 5.90. The van der Waals surface area contributed by atoms with Gasteiger partial charge in [0.15, 0.2) is 0 Å². The molecule has 7 heteroatoms. The van der Waals surface area contributed by atoms with E-state index in [2.05, 4.69) is 10.3 Å². The Hall–Kier alpha value is -1.99. The van der Waals surface area contributed by atoms with Crippen molar-refractivity contribution >= 4 is 33.5 Å². The molecule has 0 unspecified atom stereocenters. The fraction of sp³-hybridized carbons (Fsp3) is 0.357. The van der Waals surface area contributed by atoms with Crippen molar-refractivity contribution in [1.29, 1.82) is 0 Å². The number of nitrogens with two attached hydrogens (primary N) is 1. The lowest BCUT2D eigenvalue weighted by Gasteiger charge is -2.22. The zero-order chi connectivity index (χ0) is 15.4. The van der Waals surface area contributed by atoms with Gasteiger partial charge in [0.05, 0.1) is 16.3 Å². The van der Waals surface area contributed by atoms with Crippen LogP contribution in [0.3, 0.4) is 0 Å². The highest BCUT2D eigenvalue weighted by Crippen LogP contribution is 2.28. The van der Waals surface area contributed by atoms with Crippen molar-refractivity contribution < 1.29 is 9.59 Å². The number of imide groups is 1. The fourth-order valence-electron chi connectivity index (χ4n) is 1.93. The summed E-state index contributed by atoms with van der Waals surface area (Å²) in [5.74, 6) is -0.370. The van der Waals surface area contributed by atoms with E-state index in [4.69, 9.17) is 5.73 Å². The fourth-order valence-corrected chi connectivity index (χ4v) is 3.01. The zero-order valence-corrected chi connectivity index (χ0v) is 12.8. The minimum absolute atomic E-state index is 0.101. The molecule has 112 valence electrons. The minimum atomic E-state index is -0.818. The molecule has 3 N–H and O–H groups in total. The summed E-state index contributed by atoms with van der Waals surface area (Å²) in [5.41, 5.74) is 5.89. The summed E-state index contributed by atoms with van der Waals surface area (Å²) in [7, 11) is 1.92. The van der Waals surface area contributed by atoms with E-state index in [-0.39, 0.29) is 18.4 Å². The summed E-state index contributed by atoms with van der Waals surface area (Å²) in [6.07, 6.45) is 0.217. The van der Waals surface area contributed by atoms with Gasteiger partial charge in [0, 0.05) is 13.0 Å². The van der Waals surface area contributed by atoms with Crippen molar-refractivity contribution in [3.63, 3.8) is 0 Å². The lowest BCUT2D eigenvalue weighted by atomic mass is 10.2. The summed E-state index contributed by atoms with van der Waals surface area (Å²) in [4.78, 5) is 28.6. The Morgan fingerprint density at radius 2 is 2.14 bits per heavy atom. The second kappa shape index (κ2) is 6.64. The third-order valence-electron chi connectivity index (χ3n) is 3.28. The number of thiazole rings is 1. The maximum absolute atomic E-state index is 11.4. The molecule has 0 saturated carbocycles. The van der Waals surface area contributed by atoms with E-state index in [1.54, 1.807) is 11.3 Å². The number of amides is 3. The topological polar surface area (TPSA) is 88.3 Å². The number of benzene rings is 1. The second-order valence-electron chi connectivity index (χ2n) is 4.84. The number of nitrogens with zero attached hydrogens (tertiary/aromatic N) is 2. The number of hydrogen-bond donors (Lipinski definition) is 2. The van der Waals surface area contributed by atoms with Gasteiger partial charge in [-0.05, 0) is 26.1 Å². The van der Waals surface area contributed by atoms with Crippen molar-refractivity contribution in [2.45, 2.75) is 19.4 Å². The third-order valence-corrected chi connectivity index (χ3v) is 4.49. The molecule has 2 rings (SSSR count). The van der Waals surface area contributed by atoms with Gasteiger partial charge in [-0.1, -0.05) is 12.1 Å². The van der Waals surface area contributed by atoms with E-state index in [9.17, 15) is 9.59 Å². The van der Waals surface area contributed by atoms with Crippen molar-refractivity contribution in [3.05, 3.63) is 29.3 Å². The Balaban J connectivity index is 1.97. The lowest BCUT2D eigenvalue weighted by molar-refractivity contribution is -0.120. The first-order valence-corrected chi connectivity index (χ1v) is 7.44. The van der Waals surface area contributed by atoms with Crippen LogP contribution >= 0.6 is 11.3 Å². The van der Waals surface area contributed by atoms with E-state index in [1.165, 1.54) is 0 Å². The van der Waals surface area contributed by atoms with Gasteiger partial charge < -0.3 is 5.73 Å². The minimum Gasteiger partial charge on any atom is -0.351 e. The Bertz CT molecular complexity index is 622. The Kier molecular flexibility index (Phi) is 4.87. The first kappa shape index (κ1) is 15.4. The normalized spacial score (nSPS) is 12.5. The van der Waals surface area contributed by atoms with Crippen LogP contribution in [0.25, 0.3) is 10.2 Å². The highest BCUT2D eigenvalue weighted by molar-refractivity contribution is 7.18. The number of urea groups is 1. The summed E-state index contributed by atoms with van der Waals surface area (Å²) < 4.78 is 1.15. The highest BCUT2D eigenvalue weighted by atomic mass is 32.1. The molecule has 1 heterocycles. The Morgan fingerprint density at radius 3 is 2.81 bits per heavy atom. The molecule has 0 fully saturated rings. The van der Waals surface area contributed by atoms with Crippen LogP contribution < -0.4 is 11.1 Å². The molecule has 0 radical (unpaired) electrons. The lowest BCUT2D eigenvalue weighted by Crippen LogP contribution is -2.37. The SMILES string of the molecule is C[C@@H](c1nc2ccccc2s1)N(C)CCC(=O)NC(N)=O. The van der Waals surface area contributed by atoms with Crippen LogP contribution in [-0.2, 0) is 4.79 Å². The number of carbonyl (C=O) groups excluding carboxylic acids is 2. The van der Waals surface area contributed by atoms with Gasteiger partial charge in [0.1, 0.15) is 5.01 Å². The quantitative estimate of drug-likeness (QED) is 0.882. The number of aromatic nitrogens is 1. The van der Waals surface area contributed by atoms with Crippen molar-refractivity contribution in [2.24, 2.45) is 5.73 Å². The average Bonchev–Trinajstić information content (AvgIpc) is 2.87. The van der Waals surface area contributed by atoms with Crippen molar-refractivity contribution in [2.75, 3.05) is 13.6 Å². The van der Waals surface area contributed by atoms with Crippen LogP contribution in [0.2, 0.25) is 0 Å². The first-order chi connectivity index (χ1) is 9.97. The van der Waals surface area contributed by atoms with Crippen LogP contribution in [0, 0.1) is 0 Å². The summed E-state index contributed by atoms with van der Waals surface area (Å²) in [5, 5.41) is 3.07. The molecule has 6 nitrogen and oxygen atoms in total. The molecule has 0 spiro atoms. The standard InChI is InChI=1S/C14H18N4O2S/c1-9(18(2)8-7-12(19)17-14(15)20)13-16-10-5-3-4-6-11(10)21-13/h3-6,9H,7-8H2,1-2H3,(H3,15,17,19,20)/t9-/m0/s1. The smallest absolute Gasteiger partial charge is 0.318 e. The average molecular weight is 306 g/mol. The predicted molar refractivity (Wildman–Crippen MR) is 83.0 cm³/mol. The maximum Gasteiger partial charge on any atom is 0.318 e. The maximum atomic E-state index is 11.4. The molecule has 1 aromatic heterocycles. The van der Waals surface area contributed by atoms with Gasteiger partial charge in [0.2, 0.25) is 5.91 Å². The molecular formula is C14H18N4O2S. The van der Waals surface area contributed by atoms with E-state index in [0.717, 1.165) is 15.2 Å². The summed E-state index contributed by atoms with van der Waals surface area (Å²) in [6.45, 7) is 2.57. The molecule has 0 aliphatic carbocycles. The molecule has 0 aliphatic heterocycles. The number of primary amides is 1.